The van der Waals surface area contributed by atoms with Crippen molar-refractivity contribution in [3.8, 4) is 33.4 Å². The first-order valence-electron chi connectivity index (χ1n) is 23.1. The zero-order chi connectivity index (χ0) is 44.6. The molecule has 0 saturated carbocycles. The largest absolute Gasteiger partial charge is 0.311 e. The fourth-order valence-electron chi connectivity index (χ4n) is 10.5. The van der Waals surface area contributed by atoms with Crippen LogP contribution in [0.2, 0.25) is 0 Å². The van der Waals surface area contributed by atoms with E-state index in [-0.39, 0.29) is 0 Å². The summed E-state index contributed by atoms with van der Waals surface area (Å²) in [5.41, 5.74) is 14.0. The van der Waals surface area contributed by atoms with Gasteiger partial charge in [-0.25, -0.2) is 0 Å². The maximum atomic E-state index is 2.51. The Labute approximate surface area is 394 Å². The van der Waals surface area contributed by atoms with Gasteiger partial charge in [0.25, 0.3) is 0 Å². The molecule has 0 bridgehead atoms. The van der Waals surface area contributed by atoms with Gasteiger partial charge in [-0.3, -0.25) is 0 Å². The van der Waals surface area contributed by atoms with Gasteiger partial charge in [-0.1, -0.05) is 224 Å². The van der Waals surface area contributed by atoms with E-state index < -0.39 is 8.07 Å². The van der Waals surface area contributed by atoms with Crippen molar-refractivity contribution in [2.45, 2.75) is 0 Å². The molecule has 0 radical (unpaired) electrons. The van der Waals surface area contributed by atoms with Crippen LogP contribution in [0.1, 0.15) is 0 Å². The van der Waals surface area contributed by atoms with Crippen LogP contribution >= 0.6 is 0 Å². The lowest BCUT2D eigenvalue weighted by Gasteiger charge is -2.45. The zero-order valence-electron chi connectivity index (χ0n) is 37.0. The lowest BCUT2D eigenvalue weighted by molar-refractivity contribution is 1.28. The molecule has 1 aliphatic rings. The molecule has 0 fully saturated rings. The standard InChI is InChI=1S/C64H46N2Si/c1-5-20-49(21-6-1)59-31-15-16-33-60(59)65(54-43-38-50(39-44-54)58-32-19-23-48-22-13-14-30-57(48)58)53-41-36-47(37-42-53)51-40-45-62-64(46-51)67(55-26-9-3-10-27-55,56-28-11-4-12-29-56)63-35-18-17-34-61(63)66(62)52-24-7-2-8-25-52/h1-46H. The third-order valence-electron chi connectivity index (χ3n) is 13.5. The van der Waals surface area contributed by atoms with Crippen LogP contribution in [0.25, 0.3) is 44.2 Å². The second-order valence-electron chi connectivity index (χ2n) is 17.2. The van der Waals surface area contributed by atoms with Gasteiger partial charge in [0.05, 0.1) is 5.69 Å². The molecule has 0 atom stereocenters. The molecule has 316 valence electrons. The van der Waals surface area contributed by atoms with Crippen LogP contribution in [0.4, 0.5) is 34.1 Å². The lowest BCUT2D eigenvalue weighted by Crippen LogP contribution is -2.77. The molecule has 11 aromatic carbocycles. The minimum absolute atomic E-state index is 1.09. The maximum absolute atomic E-state index is 2.87. The topological polar surface area (TPSA) is 6.48 Å². The molecule has 0 spiro atoms. The van der Waals surface area contributed by atoms with E-state index in [4.69, 9.17) is 0 Å². The van der Waals surface area contributed by atoms with Gasteiger partial charge in [0.15, 0.2) is 8.07 Å². The van der Waals surface area contributed by atoms with Crippen molar-refractivity contribution < 1.29 is 0 Å². The molecule has 0 unspecified atom stereocenters. The summed E-state index contributed by atoms with van der Waals surface area (Å²) in [6.07, 6.45) is 0. The first kappa shape index (κ1) is 40.0. The smallest absolute Gasteiger partial charge is 0.184 e. The molecule has 1 heterocycles. The summed E-state index contributed by atoms with van der Waals surface area (Å²) in [4.78, 5) is 4.88. The molecule has 0 N–H and O–H groups in total. The number of benzene rings is 11. The van der Waals surface area contributed by atoms with Crippen molar-refractivity contribution in [1.82, 2.24) is 0 Å². The molecule has 67 heavy (non-hydrogen) atoms. The van der Waals surface area contributed by atoms with Crippen LogP contribution < -0.4 is 30.5 Å². The van der Waals surface area contributed by atoms with Crippen molar-refractivity contribution in [3.05, 3.63) is 279 Å². The Morgan fingerprint density at radius 3 is 1.51 bits per heavy atom. The highest BCUT2D eigenvalue weighted by molar-refractivity contribution is 7.21. The predicted molar refractivity (Wildman–Crippen MR) is 287 cm³/mol. The van der Waals surface area contributed by atoms with Crippen LogP contribution in [-0.2, 0) is 0 Å². The van der Waals surface area contributed by atoms with Gasteiger partial charge in [-0.15, -0.1) is 0 Å². The Bertz CT molecular complexity index is 3460. The monoisotopic (exact) mass is 870 g/mol. The highest BCUT2D eigenvalue weighted by Crippen LogP contribution is 2.43. The summed E-state index contributed by atoms with van der Waals surface area (Å²) < 4.78 is 0. The van der Waals surface area contributed by atoms with E-state index in [0.29, 0.717) is 0 Å². The number of fused-ring (bicyclic) bond motifs is 3. The van der Waals surface area contributed by atoms with E-state index >= 15 is 0 Å². The molecule has 11 aromatic rings. The van der Waals surface area contributed by atoms with Gasteiger partial charge in [-0.05, 0) is 114 Å². The fourth-order valence-corrected chi connectivity index (χ4v) is 15.6. The van der Waals surface area contributed by atoms with Gasteiger partial charge >= 0.3 is 0 Å². The van der Waals surface area contributed by atoms with Crippen LogP contribution in [0, 0.1) is 0 Å². The molecular formula is C64H46N2Si. The second-order valence-corrected chi connectivity index (χ2v) is 21.0. The average molecular weight is 871 g/mol. The quantitative estimate of drug-likeness (QED) is 0.133. The summed E-state index contributed by atoms with van der Waals surface area (Å²) >= 11 is 0. The second kappa shape index (κ2) is 17.1. The van der Waals surface area contributed by atoms with E-state index in [0.717, 1.165) is 22.7 Å². The third kappa shape index (κ3) is 6.96. The molecule has 0 aliphatic carbocycles. The van der Waals surface area contributed by atoms with E-state index in [1.54, 1.807) is 0 Å². The van der Waals surface area contributed by atoms with Crippen molar-refractivity contribution in [2.24, 2.45) is 0 Å². The Hall–Kier alpha value is -8.50. The Kier molecular flexibility index (Phi) is 10.2. The summed E-state index contributed by atoms with van der Waals surface area (Å²) in [5.74, 6) is 0. The zero-order valence-corrected chi connectivity index (χ0v) is 38.0. The van der Waals surface area contributed by atoms with Crippen molar-refractivity contribution in [3.63, 3.8) is 0 Å². The number of anilines is 6. The van der Waals surface area contributed by atoms with Crippen LogP contribution in [-0.4, -0.2) is 8.07 Å². The van der Waals surface area contributed by atoms with Crippen LogP contribution in [0.15, 0.2) is 279 Å². The molecule has 12 rings (SSSR count). The first-order chi connectivity index (χ1) is 33.3. The molecule has 0 aromatic heterocycles. The summed E-state index contributed by atoms with van der Waals surface area (Å²) in [7, 11) is -2.87. The average Bonchev–Trinajstić information content (AvgIpc) is 3.41. The number of hydrogen-bond acceptors (Lipinski definition) is 2. The summed E-state index contributed by atoms with van der Waals surface area (Å²) in [5, 5.41) is 8.00. The van der Waals surface area contributed by atoms with Crippen LogP contribution in [0.3, 0.4) is 0 Å². The fraction of sp³-hybridized carbons (Fsp3) is 0. The van der Waals surface area contributed by atoms with Gasteiger partial charge < -0.3 is 9.80 Å². The number of rotatable bonds is 9. The minimum atomic E-state index is -2.87. The van der Waals surface area contributed by atoms with Gasteiger partial charge in [-0.2, -0.15) is 0 Å². The van der Waals surface area contributed by atoms with Gasteiger partial charge in [0.2, 0.25) is 0 Å². The predicted octanol–water partition coefficient (Wildman–Crippen LogP) is 14.5. The highest BCUT2D eigenvalue weighted by atomic mass is 28.3. The van der Waals surface area contributed by atoms with Gasteiger partial charge in [0, 0.05) is 34.0 Å². The SMILES string of the molecule is c1ccc(-c2ccccc2N(c2ccc(-c3ccc4c(c3)[Si](c3ccccc3)(c3ccccc3)c3ccccc3N4c3ccccc3)cc2)c2ccc(-c3cccc4ccccc34)cc2)cc1. The van der Waals surface area contributed by atoms with E-state index in [1.807, 2.05) is 0 Å². The number of hydrogen-bond donors (Lipinski definition) is 0. The molecule has 0 amide bonds. The van der Waals surface area contributed by atoms with E-state index in [9.17, 15) is 0 Å². The minimum Gasteiger partial charge on any atom is -0.311 e. The number of para-hydroxylation sites is 3. The third-order valence-corrected chi connectivity index (χ3v) is 18.4. The molecule has 0 saturated heterocycles. The number of nitrogens with zero attached hydrogens (tertiary/aromatic N) is 2. The normalized spacial score (nSPS) is 12.6. The van der Waals surface area contributed by atoms with Gasteiger partial charge in [0.1, 0.15) is 0 Å². The molecule has 2 nitrogen and oxygen atoms in total. The van der Waals surface area contributed by atoms with Crippen molar-refractivity contribution in [2.75, 3.05) is 9.80 Å². The highest BCUT2D eigenvalue weighted by Gasteiger charge is 2.49. The Morgan fingerprint density at radius 2 is 0.806 bits per heavy atom. The molecule has 1 aliphatic heterocycles. The molecule has 3 heteroatoms. The maximum Gasteiger partial charge on any atom is 0.184 e. The Balaban J connectivity index is 1.02. The van der Waals surface area contributed by atoms with E-state index in [1.165, 1.54) is 76.3 Å². The van der Waals surface area contributed by atoms with Crippen molar-refractivity contribution >= 4 is 73.7 Å². The first-order valence-corrected chi connectivity index (χ1v) is 25.1. The van der Waals surface area contributed by atoms with Crippen molar-refractivity contribution in [1.29, 1.82) is 0 Å². The lowest BCUT2D eigenvalue weighted by atomic mass is 9.97. The van der Waals surface area contributed by atoms with Crippen LogP contribution in [0.5, 0.6) is 0 Å². The van der Waals surface area contributed by atoms with E-state index in [2.05, 4.69) is 289 Å². The Morgan fingerprint density at radius 1 is 0.313 bits per heavy atom. The summed E-state index contributed by atoms with van der Waals surface area (Å²) in [6, 6.07) is 103. The molecular weight excluding hydrogens is 825 g/mol. The summed E-state index contributed by atoms with van der Waals surface area (Å²) in [6.45, 7) is 0.